The molecule has 0 saturated carbocycles. The molecule has 0 radical (unpaired) electrons. The van der Waals surface area contributed by atoms with Gasteiger partial charge in [-0.2, -0.15) is 13.2 Å². The van der Waals surface area contributed by atoms with Crippen LogP contribution in [0.2, 0.25) is 0 Å². The van der Waals surface area contributed by atoms with Gasteiger partial charge in [0.05, 0.1) is 6.61 Å². The molecule has 0 aliphatic carbocycles. The molecule has 0 N–H and O–H groups in total. The van der Waals surface area contributed by atoms with Gasteiger partial charge in [0.1, 0.15) is 5.75 Å². The van der Waals surface area contributed by atoms with Gasteiger partial charge in [0, 0.05) is 13.1 Å². The average Bonchev–Trinajstić information content (AvgIpc) is 2.36. The number of fused-ring (bicyclic) bond motifs is 1. The summed E-state index contributed by atoms with van der Waals surface area (Å²) in [5.41, 5.74) is 1.68. The third-order valence-electron chi connectivity index (χ3n) is 3.03. The van der Waals surface area contributed by atoms with Crippen LogP contribution in [0.3, 0.4) is 0 Å². The van der Waals surface area contributed by atoms with E-state index in [4.69, 9.17) is 4.74 Å². The molecule has 2 rings (SSSR count). The van der Waals surface area contributed by atoms with Crippen LogP contribution in [0.4, 0.5) is 13.2 Å². The second-order valence-corrected chi connectivity index (χ2v) is 4.34. The van der Waals surface area contributed by atoms with E-state index in [9.17, 15) is 18.0 Å². The standard InChI is InChI=1S/C13H14F3NO2/c1-2-19-11-4-3-10-8-17(6-5-9(10)7-11)12(18)13(14,15)16/h3-4,7H,2,5-6,8H2,1H3. The Balaban J connectivity index is 2.15. The van der Waals surface area contributed by atoms with Gasteiger partial charge in [-0.15, -0.1) is 0 Å². The van der Waals surface area contributed by atoms with Crippen molar-refractivity contribution >= 4 is 5.91 Å². The average molecular weight is 273 g/mol. The number of ether oxygens (including phenoxy) is 1. The van der Waals surface area contributed by atoms with Gasteiger partial charge in [0.25, 0.3) is 0 Å². The zero-order chi connectivity index (χ0) is 14.0. The van der Waals surface area contributed by atoms with Crippen molar-refractivity contribution in [2.24, 2.45) is 0 Å². The molecule has 1 aromatic rings. The van der Waals surface area contributed by atoms with Crippen LogP contribution in [0.5, 0.6) is 5.75 Å². The van der Waals surface area contributed by atoms with Crippen molar-refractivity contribution in [1.29, 1.82) is 0 Å². The van der Waals surface area contributed by atoms with Gasteiger partial charge in [-0.25, -0.2) is 0 Å². The van der Waals surface area contributed by atoms with E-state index in [0.29, 0.717) is 18.8 Å². The summed E-state index contributed by atoms with van der Waals surface area (Å²) in [5.74, 6) is -1.07. The SMILES string of the molecule is CCOc1ccc2c(c1)CCN(C(=O)C(F)(F)F)C2. The van der Waals surface area contributed by atoms with Crippen molar-refractivity contribution in [3.63, 3.8) is 0 Å². The summed E-state index contributed by atoms with van der Waals surface area (Å²) in [7, 11) is 0. The highest BCUT2D eigenvalue weighted by molar-refractivity contribution is 5.82. The van der Waals surface area contributed by atoms with Crippen LogP contribution < -0.4 is 4.74 Å². The van der Waals surface area contributed by atoms with E-state index in [1.165, 1.54) is 0 Å². The molecule has 1 aromatic carbocycles. The summed E-state index contributed by atoms with van der Waals surface area (Å²) in [6.07, 6.45) is -4.39. The first-order valence-electron chi connectivity index (χ1n) is 6.02. The molecule has 0 unspecified atom stereocenters. The predicted molar refractivity (Wildman–Crippen MR) is 62.8 cm³/mol. The minimum absolute atomic E-state index is 0.0000810. The maximum atomic E-state index is 12.4. The van der Waals surface area contributed by atoms with E-state index in [0.717, 1.165) is 16.0 Å². The zero-order valence-electron chi connectivity index (χ0n) is 10.5. The largest absolute Gasteiger partial charge is 0.494 e. The van der Waals surface area contributed by atoms with Crippen molar-refractivity contribution in [2.45, 2.75) is 26.1 Å². The van der Waals surface area contributed by atoms with E-state index in [1.807, 2.05) is 13.0 Å². The Bertz CT molecular complexity index is 485. The molecule has 6 heteroatoms. The van der Waals surface area contributed by atoms with E-state index < -0.39 is 12.1 Å². The highest BCUT2D eigenvalue weighted by Gasteiger charge is 2.43. The molecule has 0 atom stereocenters. The minimum Gasteiger partial charge on any atom is -0.494 e. The number of carbonyl (C=O) groups excluding carboxylic acids is 1. The Morgan fingerprint density at radius 2 is 2.11 bits per heavy atom. The maximum absolute atomic E-state index is 12.4. The van der Waals surface area contributed by atoms with Crippen LogP contribution in [0, 0.1) is 0 Å². The molecular weight excluding hydrogens is 259 g/mol. The van der Waals surface area contributed by atoms with Crippen LogP contribution in [0.25, 0.3) is 0 Å². The van der Waals surface area contributed by atoms with Gasteiger partial charge < -0.3 is 9.64 Å². The summed E-state index contributed by atoms with van der Waals surface area (Å²) < 4.78 is 42.4. The molecule has 1 amide bonds. The lowest BCUT2D eigenvalue weighted by Gasteiger charge is -2.29. The fourth-order valence-electron chi connectivity index (χ4n) is 2.14. The number of rotatable bonds is 2. The minimum atomic E-state index is -4.80. The first-order chi connectivity index (χ1) is 8.91. The number of hydrogen-bond acceptors (Lipinski definition) is 2. The lowest BCUT2D eigenvalue weighted by Crippen LogP contribution is -2.43. The van der Waals surface area contributed by atoms with Crippen molar-refractivity contribution in [3.05, 3.63) is 29.3 Å². The number of carbonyl (C=O) groups is 1. The lowest BCUT2D eigenvalue weighted by atomic mass is 9.99. The molecule has 1 aliphatic rings. The Morgan fingerprint density at radius 3 is 2.74 bits per heavy atom. The molecule has 3 nitrogen and oxygen atoms in total. The summed E-state index contributed by atoms with van der Waals surface area (Å²) in [6, 6.07) is 5.26. The molecule has 1 heterocycles. The predicted octanol–water partition coefficient (Wildman–Crippen LogP) is 2.53. The van der Waals surface area contributed by atoms with Crippen LogP contribution in [-0.2, 0) is 17.8 Å². The van der Waals surface area contributed by atoms with Gasteiger partial charge in [-0.1, -0.05) is 6.07 Å². The normalized spacial score (nSPS) is 15.1. The van der Waals surface area contributed by atoms with Crippen molar-refractivity contribution in [3.8, 4) is 5.75 Å². The molecule has 19 heavy (non-hydrogen) atoms. The Labute approximate surface area is 109 Å². The number of amides is 1. The smallest absolute Gasteiger partial charge is 0.471 e. The quantitative estimate of drug-likeness (QED) is 0.828. The molecule has 0 saturated heterocycles. The van der Waals surface area contributed by atoms with Crippen molar-refractivity contribution in [1.82, 2.24) is 4.90 Å². The third kappa shape index (κ3) is 3.00. The number of alkyl halides is 3. The maximum Gasteiger partial charge on any atom is 0.471 e. The molecule has 104 valence electrons. The van der Waals surface area contributed by atoms with Crippen LogP contribution in [0.15, 0.2) is 18.2 Å². The summed E-state index contributed by atoms with van der Waals surface area (Å²) in [6.45, 7) is 2.49. The Hall–Kier alpha value is -1.72. The van der Waals surface area contributed by atoms with Gasteiger partial charge in [-0.3, -0.25) is 4.79 Å². The highest BCUT2D eigenvalue weighted by Crippen LogP contribution is 2.27. The van der Waals surface area contributed by atoms with E-state index in [-0.39, 0.29) is 13.1 Å². The molecule has 0 spiro atoms. The monoisotopic (exact) mass is 273 g/mol. The fourth-order valence-corrected chi connectivity index (χ4v) is 2.14. The fraction of sp³-hybridized carbons (Fsp3) is 0.462. The highest BCUT2D eigenvalue weighted by atomic mass is 19.4. The summed E-state index contributed by atoms with van der Waals surface area (Å²) >= 11 is 0. The number of nitrogens with zero attached hydrogens (tertiary/aromatic N) is 1. The number of benzene rings is 1. The topological polar surface area (TPSA) is 29.5 Å². The van der Waals surface area contributed by atoms with E-state index >= 15 is 0 Å². The molecule has 1 aliphatic heterocycles. The van der Waals surface area contributed by atoms with Crippen molar-refractivity contribution < 1.29 is 22.7 Å². The van der Waals surface area contributed by atoms with Crippen molar-refractivity contribution in [2.75, 3.05) is 13.2 Å². The van der Waals surface area contributed by atoms with Gasteiger partial charge in [-0.05, 0) is 36.6 Å². The van der Waals surface area contributed by atoms with Crippen LogP contribution >= 0.6 is 0 Å². The van der Waals surface area contributed by atoms with E-state index in [2.05, 4.69) is 0 Å². The van der Waals surface area contributed by atoms with Gasteiger partial charge in [0.2, 0.25) is 0 Å². The number of hydrogen-bond donors (Lipinski definition) is 0. The molecule has 0 fully saturated rings. The molecular formula is C13H14F3NO2. The Kier molecular flexibility index (Phi) is 3.68. The summed E-state index contributed by atoms with van der Waals surface area (Å²) in [5, 5.41) is 0. The Morgan fingerprint density at radius 1 is 1.37 bits per heavy atom. The molecule has 0 aromatic heterocycles. The second-order valence-electron chi connectivity index (χ2n) is 4.34. The van der Waals surface area contributed by atoms with Crippen LogP contribution in [0.1, 0.15) is 18.1 Å². The lowest BCUT2D eigenvalue weighted by molar-refractivity contribution is -0.186. The van der Waals surface area contributed by atoms with E-state index in [1.54, 1.807) is 12.1 Å². The second kappa shape index (κ2) is 5.11. The zero-order valence-corrected chi connectivity index (χ0v) is 10.5. The first kappa shape index (κ1) is 13.7. The first-order valence-corrected chi connectivity index (χ1v) is 6.02. The van der Waals surface area contributed by atoms with Gasteiger partial charge in [0.15, 0.2) is 0 Å². The van der Waals surface area contributed by atoms with Gasteiger partial charge >= 0.3 is 12.1 Å². The molecule has 0 bridgehead atoms. The van der Waals surface area contributed by atoms with Crippen LogP contribution in [-0.4, -0.2) is 30.1 Å². The third-order valence-corrected chi connectivity index (χ3v) is 3.03. The number of halogens is 3. The summed E-state index contributed by atoms with van der Waals surface area (Å²) in [4.78, 5) is 12.0.